The van der Waals surface area contributed by atoms with Crippen molar-refractivity contribution in [2.75, 3.05) is 0 Å². The minimum absolute atomic E-state index is 0.654. The van der Waals surface area contributed by atoms with Crippen molar-refractivity contribution in [3.8, 4) is 11.1 Å². The van der Waals surface area contributed by atoms with E-state index in [2.05, 4.69) is 61.5 Å². The van der Waals surface area contributed by atoms with Crippen molar-refractivity contribution in [3.63, 3.8) is 0 Å². The molecule has 81 valence electrons. The van der Waals surface area contributed by atoms with Crippen LogP contribution < -0.4 is 0 Å². The van der Waals surface area contributed by atoms with Gasteiger partial charge in [-0.2, -0.15) is 0 Å². The first-order valence-corrected chi connectivity index (χ1v) is 7.27. The van der Waals surface area contributed by atoms with Gasteiger partial charge in [0, 0.05) is 0 Å². The first-order valence-electron chi connectivity index (χ1n) is 5.85. The van der Waals surface area contributed by atoms with Crippen LogP contribution >= 0.6 is 0 Å². The number of fused-ring (bicyclic) bond motifs is 1. The summed E-state index contributed by atoms with van der Waals surface area (Å²) in [5, 5.41) is 0. The van der Waals surface area contributed by atoms with E-state index in [-0.39, 0.29) is 0 Å². The molecule has 0 saturated carbocycles. The Morgan fingerprint density at radius 1 is 0.941 bits per heavy atom. The van der Waals surface area contributed by atoms with Crippen LogP contribution in [0, 0.1) is 0 Å². The molecule has 17 heavy (non-hydrogen) atoms. The molecule has 0 bridgehead atoms. The zero-order valence-corrected chi connectivity index (χ0v) is 12.2. The second kappa shape index (κ2) is 4.39. The van der Waals surface area contributed by atoms with E-state index in [0.717, 1.165) is 0 Å². The van der Waals surface area contributed by atoms with E-state index in [9.17, 15) is 0 Å². The molecule has 2 aromatic rings. The first kappa shape index (κ1) is 11.2. The predicted molar refractivity (Wildman–Crippen MR) is 68.3 cm³/mol. The van der Waals surface area contributed by atoms with Crippen LogP contribution in [-0.2, 0) is 24.7 Å². The second-order valence-electron chi connectivity index (χ2n) is 4.50. The van der Waals surface area contributed by atoms with Gasteiger partial charge in [0.25, 0.3) is 0 Å². The second-order valence-corrected chi connectivity index (χ2v) is 5.92. The Morgan fingerprint density at radius 2 is 1.71 bits per heavy atom. The molecule has 0 heterocycles. The van der Waals surface area contributed by atoms with Crippen LogP contribution in [0.15, 0.2) is 54.1 Å². The van der Waals surface area contributed by atoms with Crippen LogP contribution in [0.1, 0.15) is 21.7 Å². The Hall–Kier alpha value is -0.937. The molecule has 0 aromatic heterocycles. The van der Waals surface area contributed by atoms with Gasteiger partial charge in [0.15, 0.2) is 0 Å². The fourth-order valence-corrected chi connectivity index (χ4v) is 3.25. The molecule has 0 saturated heterocycles. The van der Waals surface area contributed by atoms with Crippen molar-refractivity contribution in [2.24, 2.45) is 0 Å². The van der Waals surface area contributed by atoms with Crippen LogP contribution in [0.25, 0.3) is 17.2 Å². The molecule has 0 amide bonds. The van der Waals surface area contributed by atoms with Gasteiger partial charge in [0.2, 0.25) is 0 Å². The molecular weight excluding hydrogens is 283 g/mol. The summed E-state index contributed by atoms with van der Waals surface area (Å²) >= 11 is 1.58. The molecule has 0 spiro atoms. The third-order valence-corrected chi connectivity index (χ3v) is 5.25. The summed E-state index contributed by atoms with van der Waals surface area (Å²) < 4.78 is 0.654. The Morgan fingerprint density at radius 3 is 2.47 bits per heavy atom. The number of rotatable bonds is 1. The zero-order valence-electron chi connectivity index (χ0n) is 9.77. The van der Waals surface area contributed by atoms with Crippen LogP contribution in [0.5, 0.6) is 0 Å². The van der Waals surface area contributed by atoms with E-state index in [1.165, 1.54) is 27.8 Å². The molecule has 0 radical (unpaired) electrons. The maximum atomic E-state index is 2.36. The number of allylic oxidation sites excluding steroid dienone is 1. The van der Waals surface area contributed by atoms with Crippen molar-refractivity contribution >= 4 is 6.08 Å². The summed E-state index contributed by atoms with van der Waals surface area (Å²) in [7, 11) is 0. The van der Waals surface area contributed by atoms with Crippen molar-refractivity contribution in [1.82, 2.24) is 0 Å². The van der Waals surface area contributed by atoms with Crippen molar-refractivity contribution < 1.29 is 24.7 Å². The molecular formula is C16H13Zr. The van der Waals surface area contributed by atoms with E-state index in [0.29, 0.717) is 3.63 Å². The molecule has 0 fully saturated rings. The zero-order chi connectivity index (χ0) is 11.8. The van der Waals surface area contributed by atoms with Crippen LogP contribution in [0.3, 0.4) is 0 Å². The standard InChI is InChI=1S/C16H13.Zr/c1-12-10-14-8-5-9-15(16(14)11-12)13-6-3-2-4-7-13;/h2-11H,1H3;. The Labute approximate surface area is 117 Å². The summed E-state index contributed by atoms with van der Waals surface area (Å²) in [5.41, 5.74) is 7.12. The monoisotopic (exact) mass is 295 g/mol. The Bertz CT molecular complexity index is 582. The van der Waals surface area contributed by atoms with Gasteiger partial charge in [0.05, 0.1) is 0 Å². The van der Waals surface area contributed by atoms with Crippen molar-refractivity contribution in [1.29, 1.82) is 0 Å². The van der Waals surface area contributed by atoms with Gasteiger partial charge in [-0.15, -0.1) is 0 Å². The summed E-state index contributed by atoms with van der Waals surface area (Å²) in [4.78, 5) is 0. The van der Waals surface area contributed by atoms with Crippen molar-refractivity contribution in [3.05, 3.63) is 65.2 Å². The molecule has 1 aliphatic rings. The molecule has 0 nitrogen and oxygen atoms in total. The van der Waals surface area contributed by atoms with Crippen molar-refractivity contribution in [2.45, 2.75) is 10.5 Å². The molecule has 0 N–H and O–H groups in total. The topological polar surface area (TPSA) is 0 Å². The van der Waals surface area contributed by atoms with E-state index in [1.807, 2.05) is 0 Å². The third-order valence-electron chi connectivity index (χ3n) is 3.36. The predicted octanol–water partition coefficient (Wildman–Crippen LogP) is 4.36. The van der Waals surface area contributed by atoms with Gasteiger partial charge < -0.3 is 0 Å². The minimum atomic E-state index is 0.654. The van der Waals surface area contributed by atoms with E-state index in [1.54, 1.807) is 24.7 Å². The summed E-state index contributed by atoms with van der Waals surface area (Å²) in [5.74, 6) is 0. The molecule has 2 aromatic carbocycles. The molecule has 1 aliphatic carbocycles. The van der Waals surface area contributed by atoms with Gasteiger partial charge in [-0.1, -0.05) is 0 Å². The van der Waals surface area contributed by atoms with Gasteiger partial charge in [-0.05, 0) is 0 Å². The van der Waals surface area contributed by atoms with E-state index < -0.39 is 0 Å². The summed E-state index contributed by atoms with van der Waals surface area (Å²) in [6, 6.07) is 17.3. The molecule has 3 rings (SSSR count). The average molecular weight is 297 g/mol. The average Bonchev–Trinajstić information content (AvgIpc) is 2.67. The SMILES string of the molecule is CC1=Cc2c(-c3ccccc3)cccc2[CH]1[Zr]. The van der Waals surface area contributed by atoms with Gasteiger partial charge in [-0.25, -0.2) is 0 Å². The van der Waals surface area contributed by atoms with E-state index >= 15 is 0 Å². The van der Waals surface area contributed by atoms with E-state index in [4.69, 9.17) is 0 Å². The fourth-order valence-electron chi connectivity index (χ4n) is 2.42. The van der Waals surface area contributed by atoms with Gasteiger partial charge in [-0.3, -0.25) is 0 Å². The number of hydrogen-bond acceptors (Lipinski definition) is 0. The number of benzene rings is 2. The molecule has 1 unspecified atom stereocenters. The van der Waals surface area contributed by atoms with Crippen LogP contribution in [0.4, 0.5) is 0 Å². The first-order chi connectivity index (χ1) is 8.27. The van der Waals surface area contributed by atoms with Gasteiger partial charge in [0.1, 0.15) is 0 Å². The Kier molecular flexibility index (Phi) is 2.88. The molecule has 1 atom stereocenters. The summed E-state index contributed by atoms with van der Waals surface area (Å²) in [6.07, 6.45) is 2.36. The summed E-state index contributed by atoms with van der Waals surface area (Å²) in [6.45, 7) is 2.24. The number of hydrogen-bond donors (Lipinski definition) is 0. The van der Waals surface area contributed by atoms with Crippen LogP contribution in [-0.4, -0.2) is 0 Å². The fraction of sp³-hybridized carbons (Fsp3) is 0.125. The van der Waals surface area contributed by atoms with Crippen LogP contribution in [0.2, 0.25) is 0 Å². The molecule has 1 heteroatoms. The maximum absolute atomic E-state index is 2.36. The quantitative estimate of drug-likeness (QED) is 0.733. The molecule has 0 aliphatic heterocycles. The normalized spacial score (nSPS) is 17.6. The Balaban J connectivity index is 2.22. The third kappa shape index (κ3) is 1.87. The van der Waals surface area contributed by atoms with Gasteiger partial charge >= 0.3 is 118 Å².